The normalized spacial score (nSPS) is 11.3. The third-order valence-electron chi connectivity index (χ3n) is 3.44. The second-order valence-corrected chi connectivity index (χ2v) is 5.80. The van der Waals surface area contributed by atoms with Crippen molar-refractivity contribution in [1.29, 1.82) is 0 Å². The first-order valence-corrected chi connectivity index (χ1v) is 7.08. The Hall–Kier alpha value is -1.95. The number of hydrogen-bond acceptors (Lipinski definition) is 2. The minimum absolute atomic E-state index is 0.194. The first kappa shape index (κ1) is 14.0. The lowest BCUT2D eigenvalue weighted by atomic mass is 10.1. The van der Waals surface area contributed by atoms with Gasteiger partial charge in [-0.3, -0.25) is 4.57 Å². The Morgan fingerprint density at radius 1 is 1.05 bits per heavy atom. The number of rotatable bonds is 1. The second-order valence-electron chi connectivity index (χ2n) is 4.95. The van der Waals surface area contributed by atoms with Crippen LogP contribution in [0.25, 0.3) is 16.7 Å². The highest BCUT2D eigenvalue weighted by atomic mass is 79.9. The van der Waals surface area contributed by atoms with E-state index in [9.17, 15) is 8.78 Å². The zero-order valence-electron chi connectivity index (χ0n) is 11.4. The van der Waals surface area contributed by atoms with Gasteiger partial charge in [0.05, 0.1) is 21.2 Å². The molecular weight excluding hydrogens is 340 g/mol. The molecule has 0 saturated carbocycles. The Morgan fingerprint density at radius 2 is 1.76 bits per heavy atom. The van der Waals surface area contributed by atoms with Crippen LogP contribution >= 0.6 is 15.9 Å². The minimum atomic E-state index is -0.393. The number of anilines is 1. The number of halogens is 3. The molecule has 0 unspecified atom stereocenters. The predicted molar refractivity (Wildman–Crippen MR) is 82.6 cm³/mol. The van der Waals surface area contributed by atoms with E-state index in [1.165, 1.54) is 12.1 Å². The van der Waals surface area contributed by atoms with Crippen LogP contribution in [0.15, 0.2) is 28.7 Å². The van der Waals surface area contributed by atoms with Gasteiger partial charge in [-0.25, -0.2) is 13.8 Å². The van der Waals surface area contributed by atoms with E-state index in [2.05, 4.69) is 20.9 Å². The van der Waals surface area contributed by atoms with E-state index in [0.29, 0.717) is 26.8 Å². The van der Waals surface area contributed by atoms with Gasteiger partial charge in [-0.05, 0) is 59.1 Å². The molecule has 0 spiro atoms. The lowest BCUT2D eigenvalue weighted by Gasteiger charge is -2.11. The van der Waals surface area contributed by atoms with E-state index < -0.39 is 5.82 Å². The van der Waals surface area contributed by atoms with Gasteiger partial charge in [0.15, 0.2) is 0 Å². The summed E-state index contributed by atoms with van der Waals surface area (Å²) in [6, 6.07) is 6.05. The van der Waals surface area contributed by atoms with Gasteiger partial charge >= 0.3 is 0 Å². The van der Waals surface area contributed by atoms with Gasteiger partial charge < -0.3 is 5.73 Å². The summed E-state index contributed by atoms with van der Waals surface area (Å²) in [5.74, 6) is -0.540. The zero-order chi connectivity index (χ0) is 15.3. The number of nitrogen functional groups attached to an aromatic ring is 1. The number of aryl methyl sites for hydroxylation is 2. The molecule has 2 aromatic carbocycles. The molecule has 2 N–H and O–H groups in total. The molecule has 0 bridgehead atoms. The third kappa shape index (κ3) is 2.19. The summed E-state index contributed by atoms with van der Waals surface area (Å²) in [5.41, 5.74) is 8.93. The van der Waals surface area contributed by atoms with Crippen LogP contribution in [-0.2, 0) is 0 Å². The molecule has 0 saturated heterocycles. The highest BCUT2D eigenvalue weighted by Gasteiger charge is 2.15. The first-order chi connectivity index (χ1) is 9.88. The SMILES string of the molecule is Cc1cc2c(cc1F)nc(N)n2-c1cc(F)c(Br)cc1C. The smallest absolute Gasteiger partial charge is 0.205 e. The molecule has 0 aliphatic rings. The van der Waals surface area contributed by atoms with Gasteiger partial charge in [0.2, 0.25) is 5.95 Å². The number of hydrogen-bond donors (Lipinski definition) is 1. The number of nitrogens with two attached hydrogens (primary N) is 1. The summed E-state index contributed by atoms with van der Waals surface area (Å²) < 4.78 is 29.5. The minimum Gasteiger partial charge on any atom is -0.369 e. The predicted octanol–water partition coefficient (Wildman–Crippen LogP) is 4.27. The highest BCUT2D eigenvalue weighted by Crippen LogP contribution is 2.29. The number of nitrogens with zero attached hydrogens (tertiary/aromatic N) is 2. The van der Waals surface area contributed by atoms with E-state index >= 15 is 0 Å². The molecule has 21 heavy (non-hydrogen) atoms. The van der Waals surface area contributed by atoms with Crippen molar-refractivity contribution in [3.8, 4) is 5.69 Å². The molecule has 0 fully saturated rings. The maximum atomic E-state index is 13.8. The Kier molecular flexibility index (Phi) is 3.20. The van der Waals surface area contributed by atoms with Crippen molar-refractivity contribution in [1.82, 2.24) is 9.55 Å². The zero-order valence-corrected chi connectivity index (χ0v) is 13.0. The second kappa shape index (κ2) is 4.80. The van der Waals surface area contributed by atoms with Crippen LogP contribution in [0.2, 0.25) is 0 Å². The van der Waals surface area contributed by atoms with Crippen molar-refractivity contribution in [2.75, 3.05) is 5.73 Å². The van der Waals surface area contributed by atoms with E-state index in [1.807, 2.05) is 6.92 Å². The van der Waals surface area contributed by atoms with E-state index in [4.69, 9.17) is 5.73 Å². The molecule has 3 rings (SSSR count). The lowest BCUT2D eigenvalue weighted by Crippen LogP contribution is -2.03. The molecule has 3 nitrogen and oxygen atoms in total. The molecule has 0 radical (unpaired) electrons. The van der Waals surface area contributed by atoms with Crippen molar-refractivity contribution in [3.05, 3.63) is 51.5 Å². The van der Waals surface area contributed by atoms with Crippen molar-refractivity contribution >= 4 is 32.9 Å². The van der Waals surface area contributed by atoms with Gasteiger partial charge in [-0.15, -0.1) is 0 Å². The van der Waals surface area contributed by atoms with Gasteiger partial charge in [0.25, 0.3) is 0 Å². The maximum Gasteiger partial charge on any atom is 0.205 e. The Morgan fingerprint density at radius 3 is 2.48 bits per heavy atom. The number of imidazole rings is 1. The fourth-order valence-corrected chi connectivity index (χ4v) is 2.81. The topological polar surface area (TPSA) is 43.8 Å². The molecule has 0 aliphatic carbocycles. The van der Waals surface area contributed by atoms with Gasteiger partial charge in [-0.2, -0.15) is 0 Å². The van der Waals surface area contributed by atoms with Crippen LogP contribution in [0.4, 0.5) is 14.7 Å². The number of fused-ring (bicyclic) bond motifs is 1. The standard InChI is InChI=1S/C15H12BrF2N3/c1-7-4-14-12(5-10(7)17)20-15(19)21(14)13-6-11(18)9(16)3-8(13)2/h3-6H,1-2H3,(H2,19,20). The average molecular weight is 352 g/mol. The van der Waals surface area contributed by atoms with Gasteiger partial charge in [-0.1, -0.05) is 0 Å². The molecular formula is C15H12BrF2N3. The van der Waals surface area contributed by atoms with Crippen molar-refractivity contribution in [2.45, 2.75) is 13.8 Å². The van der Waals surface area contributed by atoms with Crippen LogP contribution in [0.1, 0.15) is 11.1 Å². The van der Waals surface area contributed by atoms with Crippen LogP contribution in [0, 0.1) is 25.5 Å². The lowest BCUT2D eigenvalue weighted by molar-refractivity contribution is 0.619. The quantitative estimate of drug-likeness (QED) is 0.711. The summed E-state index contributed by atoms with van der Waals surface area (Å²) in [6.07, 6.45) is 0. The molecule has 1 heterocycles. The van der Waals surface area contributed by atoms with Crippen molar-refractivity contribution in [2.24, 2.45) is 0 Å². The summed E-state index contributed by atoms with van der Waals surface area (Å²) in [7, 11) is 0. The fraction of sp³-hybridized carbons (Fsp3) is 0.133. The average Bonchev–Trinajstić information content (AvgIpc) is 2.70. The van der Waals surface area contributed by atoms with E-state index in [-0.39, 0.29) is 11.8 Å². The summed E-state index contributed by atoms with van der Waals surface area (Å²) >= 11 is 3.15. The van der Waals surface area contributed by atoms with Crippen LogP contribution in [-0.4, -0.2) is 9.55 Å². The number of aromatic nitrogens is 2. The van der Waals surface area contributed by atoms with Crippen LogP contribution < -0.4 is 5.73 Å². The summed E-state index contributed by atoms with van der Waals surface area (Å²) in [6.45, 7) is 3.51. The molecule has 0 atom stereocenters. The molecule has 1 aromatic heterocycles. The summed E-state index contributed by atoms with van der Waals surface area (Å²) in [5, 5.41) is 0. The largest absolute Gasteiger partial charge is 0.369 e. The Balaban J connectivity index is 2.37. The fourth-order valence-electron chi connectivity index (χ4n) is 2.35. The Bertz CT molecular complexity index is 871. The van der Waals surface area contributed by atoms with Gasteiger partial charge in [0, 0.05) is 6.07 Å². The maximum absolute atomic E-state index is 13.8. The Labute approximate surface area is 128 Å². The summed E-state index contributed by atoms with van der Waals surface area (Å²) in [4.78, 5) is 4.15. The highest BCUT2D eigenvalue weighted by molar-refractivity contribution is 9.10. The molecule has 3 aromatic rings. The van der Waals surface area contributed by atoms with Crippen LogP contribution in [0.3, 0.4) is 0 Å². The third-order valence-corrected chi connectivity index (χ3v) is 4.05. The monoisotopic (exact) mass is 351 g/mol. The van der Waals surface area contributed by atoms with Crippen molar-refractivity contribution < 1.29 is 8.78 Å². The molecule has 6 heteroatoms. The molecule has 0 aliphatic heterocycles. The number of benzene rings is 2. The van der Waals surface area contributed by atoms with Crippen molar-refractivity contribution in [3.63, 3.8) is 0 Å². The molecule has 108 valence electrons. The first-order valence-electron chi connectivity index (χ1n) is 6.28. The van der Waals surface area contributed by atoms with Crippen LogP contribution in [0.5, 0.6) is 0 Å². The van der Waals surface area contributed by atoms with E-state index in [0.717, 1.165) is 5.56 Å². The van der Waals surface area contributed by atoms with E-state index in [1.54, 1.807) is 23.6 Å². The van der Waals surface area contributed by atoms with Gasteiger partial charge in [0.1, 0.15) is 11.6 Å². The molecule has 0 amide bonds.